The highest BCUT2D eigenvalue weighted by Crippen LogP contribution is 2.32. The van der Waals surface area contributed by atoms with Gasteiger partial charge in [0.2, 0.25) is 5.91 Å². The first kappa shape index (κ1) is 15.5. The van der Waals surface area contributed by atoms with Crippen LogP contribution in [0.4, 0.5) is 0 Å². The average molecular weight is 289 g/mol. The third-order valence-electron chi connectivity index (χ3n) is 4.03. The molecule has 114 valence electrons. The van der Waals surface area contributed by atoms with Crippen LogP contribution in [0.1, 0.15) is 44.2 Å². The quantitative estimate of drug-likeness (QED) is 0.845. The van der Waals surface area contributed by atoms with Crippen LogP contribution in [0.3, 0.4) is 0 Å². The van der Waals surface area contributed by atoms with Crippen molar-refractivity contribution >= 4 is 11.9 Å². The summed E-state index contributed by atoms with van der Waals surface area (Å²) in [6.45, 7) is 4.34. The van der Waals surface area contributed by atoms with E-state index in [0.717, 1.165) is 18.4 Å². The molecule has 0 aliphatic heterocycles. The third kappa shape index (κ3) is 3.84. The molecule has 0 saturated heterocycles. The van der Waals surface area contributed by atoms with Crippen LogP contribution in [0.5, 0.6) is 0 Å². The molecule has 1 fully saturated rings. The summed E-state index contributed by atoms with van der Waals surface area (Å²) in [4.78, 5) is 23.2. The predicted molar refractivity (Wildman–Crippen MR) is 81.0 cm³/mol. The largest absolute Gasteiger partial charge is 0.480 e. The van der Waals surface area contributed by atoms with Gasteiger partial charge in [-0.25, -0.2) is 4.79 Å². The number of nitrogens with one attached hydrogen (secondary N) is 1. The first-order chi connectivity index (χ1) is 9.91. The number of aliphatic carboxylic acids is 1. The molecular formula is C17H23NO3. The van der Waals surface area contributed by atoms with Gasteiger partial charge >= 0.3 is 5.97 Å². The lowest BCUT2D eigenvalue weighted by Gasteiger charge is -2.38. The van der Waals surface area contributed by atoms with E-state index in [1.807, 2.05) is 24.3 Å². The maximum Gasteiger partial charge on any atom is 0.329 e. The summed E-state index contributed by atoms with van der Waals surface area (Å²) in [7, 11) is 0. The van der Waals surface area contributed by atoms with Crippen LogP contribution in [0.15, 0.2) is 24.3 Å². The van der Waals surface area contributed by atoms with Crippen LogP contribution in [0, 0.1) is 5.92 Å². The average Bonchev–Trinajstić information content (AvgIpc) is 2.35. The number of benzene rings is 1. The number of carbonyl (C=O) groups excluding carboxylic acids is 1. The van der Waals surface area contributed by atoms with Gasteiger partial charge in [-0.3, -0.25) is 4.79 Å². The zero-order valence-electron chi connectivity index (χ0n) is 12.7. The van der Waals surface area contributed by atoms with Gasteiger partial charge < -0.3 is 10.4 Å². The van der Waals surface area contributed by atoms with Crippen molar-refractivity contribution in [2.45, 2.75) is 51.5 Å². The second-order valence-corrected chi connectivity index (χ2v) is 6.38. The van der Waals surface area contributed by atoms with E-state index >= 15 is 0 Å². The summed E-state index contributed by atoms with van der Waals surface area (Å²) in [6.07, 6.45) is 3.17. The minimum Gasteiger partial charge on any atom is -0.480 e. The molecule has 21 heavy (non-hydrogen) atoms. The smallest absolute Gasteiger partial charge is 0.329 e. The van der Waals surface area contributed by atoms with Crippen LogP contribution in [0.2, 0.25) is 0 Å². The molecule has 2 rings (SSSR count). The maximum atomic E-state index is 12.0. The Hall–Kier alpha value is -1.84. The van der Waals surface area contributed by atoms with Crippen molar-refractivity contribution in [2.24, 2.45) is 5.92 Å². The summed E-state index contributed by atoms with van der Waals surface area (Å²) in [6, 6.07) is 7.98. The highest BCUT2D eigenvalue weighted by atomic mass is 16.4. The molecule has 2 N–H and O–H groups in total. The molecule has 1 saturated carbocycles. The fourth-order valence-electron chi connectivity index (χ4n) is 2.68. The molecule has 0 heterocycles. The minimum absolute atomic E-state index is 0.214. The Balaban J connectivity index is 1.92. The summed E-state index contributed by atoms with van der Waals surface area (Å²) in [5.41, 5.74) is 1.16. The van der Waals surface area contributed by atoms with Crippen molar-refractivity contribution in [3.8, 4) is 0 Å². The lowest BCUT2D eigenvalue weighted by Crippen LogP contribution is -2.59. The van der Waals surface area contributed by atoms with Crippen molar-refractivity contribution in [3.63, 3.8) is 0 Å². The number of carboxylic acids is 1. The number of hydrogen-bond donors (Lipinski definition) is 2. The van der Waals surface area contributed by atoms with Gasteiger partial charge in [0.25, 0.3) is 0 Å². The molecule has 1 aliphatic carbocycles. The van der Waals surface area contributed by atoms with Gasteiger partial charge in [-0.1, -0.05) is 38.1 Å². The van der Waals surface area contributed by atoms with Gasteiger partial charge in [0.05, 0.1) is 6.42 Å². The van der Waals surface area contributed by atoms with Crippen LogP contribution in [-0.4, -0.2) is 22.5 Å². The van der Waals surface area contributed by atoms with E-state index in [-0.39, 0.29) is 12.3 Å². The van der Waals surface area contributed by atoms with E-state index in [4.69, 9.17) is 0 Å². The standard InChI is InChI=1S/C17H23NO3/c1-12(2)10-13-4-6-14(7-5-13)11-15(19)18-17(16(20)21)8-3-9-17/h4-7,12H,3,8-11H2,1-2H3,(H,18,19)(H,20,21). The molecule has 0 unspecified atom stereocenters. The van der Waals surface area contributed by atoms with E-state index in [2.05, 4.69) is 19.2 Å². The molecule has 0 spiro atoms. The van der Waals surface area contributed by atoms with E-state index in [1.54, 1.807) is 0 Å². The second-order valence-electron chi connectivity index (χ2n) is 6.38. The number of amides is 1. The maximum absolute atomic E-state index is 12.0. The van der Waals surface area contributed by atoms with Gasteiger partial charge in [0.15, 0.2) is 0 Å². The number of carbonyl (C=O) groups is 2. The fourth-order valence-corrected chi connectivity index (χ4v) is 2.68. The van der Waals surface area contributed by atoms with E-state index in [1.165, 1.54) is 5.56 Å². The highest BCUT2D eigenvalue weighted by molar-refractivity contribution is 5.88. The molecular weight excluding hydrogens is 266 g/mol. The van der Waals surface area contributed by atoms with Crippen LogP contribution in [-0.2, 0) is 22.4 Å². The summed E-state index contributed by atoms with van der Waals surface area (Å²) in [5.74, 6) is -0.531. The molecule has 0 radical (unpaired) electrons. The van der Waals surface area contributed by atoms with E-state index in [0.29, 0.717) is 18.8 Å². The fraction of sp³-hybridized carbons (Fsp3) is 0.529. The van der Waals surface area contributed by atoms with Gasteiger partial charge in [-0.15, -0.1) is 0 Å². The number of rotatable bonds is 6. The van der Waals surface area contributed by atoms with E-state index in [9.17, 15) is 14.7 Å². The minimum atomic E-state index is -1.02. The Morgan fingerprint density at radius 2 is 1.76 bits per heavy atom. The lowest BCUT2D eigenvalue weighted by molar-refractivity contribution is -0.151. The van der Waals surface area contributed by atoms with Crippen LogP contribution < -0.4 is 5.32 Å². The Kier molecular flexibility index (Phi) is 4.66. The molecule has 1 aromatic rings. The summed E-state index contributed by atoms with van der Waals surface area (Å²) < 4.78 is 0. The molecule has 4 nitrogen and oxygen atoms in total. The first-order valence-electron chi connectivity index (χ1n) is 7.53. The summed E-state index contributed by atoms with van der Waals surface area (Å²) in [5, 5.41) is 11.9. The Bertz CT molecular complexity index is 515. The Morgan fingerprint density at radius 3 is 2.19 bits per heavy atom. The molecule has 0 aromatic heterocycles. The molecule has 1 aliphatic rings. The van der Waals surface area contributed by atoms with Crippen molar-refractivity contribution in [1.29, 1.82) is 0 Å². The van der Waals surface area contributed by atoms with Gasteiger partial charge in [-0.05, 0) is 42.7 Å². The third-order valence-corrected chi connectivity index (χ3v) is 4.03. The van der Waals surface area contributed by atoms with Crippen molar-refractivity contribution < 1.29 is 14.7 Å². The van der Waals surface area contributed by atoms with Crippen LogP contribution in [0.25, 0.3) is 0 Å². The molecule has 4 heteroatoms. The lowest BCUT2D eigenvalue weighted by atomic mass is 9.76. The monoisotopic (exact) mass is 289 g/mol. The Labute approximate surface area is 125 Å². The topological polar surface area (TPSA) is 66.4 Å². The zero-order valence-corrected chi connectivity index (χ0v) is 12.7. The van der Waals surface area contributed by atoms with Crippen molar-refractivity contribution in [1.82, 2.24) is 5.32 Å². The molecule has 1 amide bonds. The molecule has 0 bridgehead atoms. The zero-order chi connectivity index (χ0) is 15.5. The SMILES string of the molecule is CC(C)Cc1ccc(CC(=O)NC2(C(=O)O)CCC2)cc1. The normalized spacial score (nSPS) is 16.3. The second kappa shape index (κ2) is 6.29. The summed E-state index contributed by atoms with van der Waals surface area (Å²) >= 11 is 0. The van der Waals surface area contributed by atoms with E-state index < -0.39 is 11.5 Å². The predicted octanol–water partition coefficient (Wildman–Crippen LogP) is 2.55. The number of hydrogen-bond acceptors (Lipinski definition) is 2. The Morgan fingerprint density at radius 1 is 1.19 bits per heavy atom. The molecule has 1 aromatic carbocycles. The van der Waals surface area contributed by atoms with Crippen molar-refractivity contribution in [2.75, 3.05) is 0 Å². The highest BCUT2D eigenvalue weighted by Gasteiger charge is 2.45. The molecule has 0 atom stereocenters. The first-order valence-corrected chi connectivity index (χ1v) is 7.53. The van der Waals surface area contributed by atoms with Gasteiger partial charge in [0.1, 0.15) is 5.54 Å². The van der Waals surface area contributed by atoms with Crippen molar-refractivity contribution in [3.05, 3.63) is 35.4 Å². The van der Waals surface area contributed by atoms with Gasteiger partial charge in [-0.2, -0.15) is 0 Å². The van der Waals surface area contributed by atoms with Gasteiger partial charge in [0, 0.05) is 0 Å². The van der Waals surface area contributed by atoms with Crippen LogP contribution >= 0.6 is 0 Å². The number of carboxylic acid groups (broad SMARTS) is 1.